The standard InChI is InChI=1S/C6H8N2O3/c7-5-2-1-4(10-11-8)3-6(5)9/h1-3,9H,7-8H2. The van der Waals surface area contributed by atoms with E-state index in [-0.39, 0.29) is 11.4 Å². The highest BCUT2D eigenvalue weighted by Gasteiger charge is 1.99. The molecule has 0 heterocycles. The van der Waals surface area contributed by atoms with E-state index in [1.807, 2.05) is 0 Å². The summed E-state index contributed by atoms with van der Waals surface area (Å²) >= 11 is 0. The highest BCUT2D eigenvalue weighted by molar-refractivity contribution is 5.54. The summed E-state index contributed by atoms with van der Waals surface area (Å²) in [6.07, 6.45) is 0. The van der Waals surface area contributed by atoms with Crippen molar-refractivity contribution >= 4 is 5.69 Å². The Morgan fingerprint density at radius 2 is 2.09 bits per heavy atom. The molecule has 5 nitrogen and oxygen atoms in total. The van der Waals surface area contributed by atoms with Gasteiger partial charge in [0, 0.05) is 6.07 Å². The Kier molecular flexibility index (Phi) is 2.15. The fraction of sp³-hybridized carbons (Fsp3) is 0. The van der Waals surface area contributed by atoms with Crippen LogP contribution in [0.3, 0.4) is 0 Å². The summed E-state index contributed by atoms with van der Waals surface area (Å²) in [6.45, 7) is 0. The third kappa shape index (κ3) is 1.73. The van der Waals surface area contributed by atoms with Crippen LogP contribution in [0.2, 0.25) is 0 Å². The number of phenols is 1. The Morgan fingerprint density at radius 1 is 1.36 bits per heavy atom. The van der Waals surface area contributed by atoms with Crippen molar-refractivity contribution in [2.45, 2.75) is 0 Å². The molecule has 60 valence electrons. The van der Waals surface area contributed by atoms with E-state index in [2.05, 4.69) is 15.8 Å². The molecule has 0 amide bonds. The van der Waals surface area contributed by atoms with Crippen LogP contribution in [0, 0.1) is 0 Å². The van der Waals surface area contributed by atoms with Gasteiger partial charge in [-0.05, 0) is 12.1 Å². The van der Waals surface area contributed by atoms with Crippen LogP contribution >= 0.6 is 0 Å². The second kappa shape index (κ2) is 3.09. The summed E-state index contributed by atoms with van der Waals surface area (Å²) in [5, 5.41) is 9.03. The van der Waals surface area contributed by atoms with Gasteiger partial charge in [-0.2, -0.15) is 5.90 Å². The zero-order valence-corrected chi connectivity index (χ0v) is 5.65. The zero-order valence-electron chi connectivity index (χ0n) is 5.65. The maximum Gasteiger partial charge on any atom is 0.171 e. The van der Waals surface area contributed by atoms with Gasteiger partial charge in [0.15, 0.2) is 5.75 Å². The smallest absolute Gasteiger partial charge is 0.171 e. The number of aromatic hydroxyl groups is 1. The molecule has 5 N–H and O–H groups in total. The molecule has 0 unspecified atom stereocenters. The lowest BCUT2D eigenvalue weighted by atomic mass is 10.3. The highest BCUT2D eigenvalue weighted by atomic mass is 17.3. The molecule has 0 saturated carbocycles. The van der Waals surface area contributed by atoms with E-state index >= 15 is 0 Å². The topological polar surface area (TPSA) is 90.7 Å². The van der Waals surface area contributed by atoms with Gasteiger partial charge < -0.3 is 15.7 Å². The van der Waals surface area contributed by atoms with Gasteiger partial charge >= 0.3 is 0 Å². The highest BCUT2D eigenvalue weighted by Crippen LogP contribution is 2.24. The molecule has 0 fully saturated rings. The Balaban J connectivity index is 2.86. The minimum absolute atomic E-state index is 0.0699. The molecule has 0 atom stereocenters. The summed E-state index contributed by atoms with van der Waals surface area (Å²) < 4.78 is 0. The normalized spacial score (nSPS) is 9.55. The average molecular weight is 156 g/mol. The lowest BCUT2D eigenvalue weighted by molar-refractivity contribution is -0.211. The molecule has 5 heteroatoms. The van der Waals surface area contributed by atoms with Crippen molar-refractivity contribution < 1.29 is 15.0 Å². The van der Waals surface area contributed by atoms with Crippen molar-refractivity contribution in [3.63, 3.8) is 0 Å². The maximum absolute atomic E-state index is 9.03. The molecule has 0 spiro atoms. The largest absolute Gasteiger partial charge is 0.506 e. The van der Waals surface area contributed by atoms with E-state index in [1.54, 1.807) is 0 Å². The number of nitrogens with two attached hydrogens (primary N) is 2. The Hall–Kier alpha value is -1.46. The van der Waals surface area contributed by atoms with Gasteiger partial charge in [-0.15, -0.1) is 0 Å². The molecule has 11 heavy (non-hydrogen) atoms. The van der Waals surface area contributed by atoms with Crippen molar-refractivity contribution in [2.75, 3.05) is 5.73 Å². The number of benzene rings is 1. The monoisotopic (exact) mass is 156 g/mol. The first-order valence-electron chi connectivity index (χ1n) is 2.86. The summed E-state index contributed by atoms with van der Waals surface area (Å²) in [7, 11) is 0. The molecule has 0 radical (unpaired) electrons. The molecular weight excluding hydrogens is 148 g/mol. The molecule has 1 rings (SSSR count). The number of phenolic OH excluding ortho intramolecular Hbond substituents is 1. The van der Waals surface area contributed by atoms with Gasteiger partial charge in [0.25, 0.3) is 0 Å². The first kappa shape index (κ1) is 7.64. The van der Waals surface area contributed by atoms with Crippen molar-refractivity contribution in [1.82, 2.24) is 0 Å². The second-order valence-corrected chi connectivity index (χ2v) is 1.90. The van der Waals surface area contributed by atoms with E-state index in [1.165, 1.54) is 18.2 Å². The third-order valence-electron chi connectivity index (χ3n) is 1.15. The van der Waals surface area contributed by atoms with E-state index in [4.69, 9.17) is 10.8 Å². The van der Waals surface area contributed by atoms with E-state index in [0.717, 1.165) is 0 Å². The molecule has 0 saturated heterocycles. The van der Waals surface area contributed by atoms with E-state index in [0.29, 0.717) is 5.75 Å². The van der Waals surface area contributed by atoms with Crippen molar-refractivity contribution in [3.05, 3.63) is 18.2 Å². The van der Waals surface area contributed by atoms with Gasteiger partial charge in [0.05, 0.1) is 5.69 Å². The van der Waals surface area contributed by atoms with Crippen molar-refractivity contribution in [2.24, 2.45) is 5.90 Å². The van der Waals surface area contributed by atoms with Gasteiger partial charge in [0.2, 0.25) is 0 Å². The number of hydrogen-bond donors (Lipinski definition) is 3. The van der Waals surface area contributed by atoms with Crippen LogP contribution in [-0.4, -0.2) is 5.11 Å². The molecule has 0 aliphatic carbocycles. The number of anilines is 1. The predicted molar refractivity (Wildman–Crippen MR) is 38.4 cm³/mol. The van der Waals surface area contributed by atoms with Crippen LogP contribution in [0.4, 0.5) is 5.69 Å². The Bertz CT molecular complexity index is 252. The van der Waals surface area contributed by atoms with Crippen LogP contribution in [0.1, 0.15) is 0 Å². The minimum atomic E-state index is -0.0699. The Morgan fingerprint density at radius 3 is 2.64 bits per heavy atom. The molecule has 0 aliphatic rings. The fourth-order valence-corrected chi connectivity index (χ4v) is 0.631. The van der Waals surface area contributed by atoms with Gasteiger partial charge in [-0.25, -0.2) is 0 Å². The molecule has 1 aromatic carbocycles. The lowest BCUT2D eigenvalue weighted by Gasteiger charge is -2.01. The van der Waals surface area contributed by atoms with Crippen LogP contribution < -0.4 is 16.5 Å². The summed E-state index contributed by atoms with van der Waals surface area (Å²) in [4.78, 5) is 8.27. The summed E-state index contributed by atoms with van der Waals surface area (Å²) in [5.74, 6) is 4.83. The van der Waals surface area contributed by atoms with Gasteiger partial charge in [-0.1, -0.05) is 4.99 Å². The second-order valence-electron chi connectivity index (χ2n) is 1.90. The third-order valence-corrected chi connectivity index (χ3v) is 1.15. The SMILES string of the molecule is NOOc1ccc(N)c(O)c1. The van der Waals surface area contributed by atoms with Gasteiger partial charge in [0.1, 0.15) is 5.75 Å². The first-order chi connectivity index (χ1) is 5.24. The van der Waals surface area contributed by atoms with Crippen molar-refractivity contribution in [1.29, 1.82) is 0 Å². The number of hydrogen-bond acceptors (Lipinski definition) is 5. The molecule has 0 bridgehead atoms. The van der Waals surface area contributed by atoms with Crippen LogP contribution in [-0.2, 0) is 4.99 Å². The quantitative estimate of drug-likeness (QED) is 0.245. The van der Waals surface area contributed by atoms with Crippen LogP contribution in [0.25, 0.3) is 0 Å². The summed E-state index contributed by atoms with van der Waals surface area (Å²) in [5.41, 5.74) is 5.58. The molecule has 1 aromatic rings. The van der Waals surface area contributed by atoms with Crippen LogP contribution in [0.5, 0.6) is 11.5 Å². The summed E-state index contributed by atoms with van der Waals surface area (Å²) in [6, 6.07) is 4.29. The van der Waals surface area contributed by atoms with E-state index < -0.39 is 0 Å². The number of nitrogen functional groups attached to an aromatic ring is 1. The predicted octanol–water partition coefficient (Wildman–Crippen LogP) is 0.159. The first-order valence-corrected chi connectivity index (χ1v) is 2.86. The van der Waals surface area contributed by atoms with Gasteiger partial charge in [-0.3, -0.25) is 0 Å². The molecular formula is C6H8N2O3. The maximum atomic E-state index is 9.03. The zero-order chi connectivity index (χ0) is 8.27. The molecule has 0 aromatic heterocycles. The molecule has 0 aliphatic heterocycles. The lowest BCUT2D eigenvalue weighted by Crippen LogP contribution is -2.03. The minimum Gasteiger partial charge on any atom is -0.506 e. The van der Waals surface area contributed by atoms with E-state index in [9.17, 15) is 0 Å². The van der Waals surface area contributed by atoms with Crippen molar-refractivity contribution in [3.8, 4) is 11.5 Å². The number of rotatable bonds is 2. The fourth-order valence-electron chi connectivity index (χ4n) is 0.631. The average Bonchev–Trinajstić information content (AvgIpc) is 1.98. The Labute approximate surface area is 63.0 Å². The van der Waals surface area contributed by atoms with Crippen LogP contribution in [0.15, 0.2) is 18.2 Å².